The Kier molecular flexibility index (Phi) is 6.61. The first kappa shape index (κ1) is 16.2. The molecule has 0 unspecified atom stereocenters. The van der Waals surface area contributed by atoms with Gasteiger partial charge in [0.1, 0.15) is 0 Å². The number of hydrazone groups is 1. The number of carbonyl (C=O) groups is 2. The summed E-state index contributed by atoms with van der Waals surface area (Å²) in [5, 5.41) is 6.71. The Hall–Kier alpha value is -2.17. The van der Waals surface area contributed by atoms with E-state index >= 15 is 0 Å². The standard InChI is InChI=1S/C17H23N3O2/c21-16(18-13-14-9-5-4-6-10-14)17(22)20-19-15-11-7-2-1-3-8-12-15/h4-6,9-10H,1-3,7-8,11-13H2,(H,18,21)(H,20,22). The summed E-state index contributed by atoms with van der Waals surface area (Å²) in [6.07, 6.45) is 7.73. The van der Waals surface area contributed by atoms with Crippen LogP contribution in [-0.4, -0.2) is 17.5 Å². The van der Waals surface area contributed by atoms with Gasteiger partial charge in [0.25, 0.3) is 0 Å². The topological polar surface area (TPSA) is 70.6 Å². The fraction of sp³-hybridized carbons (Fsp3) is 0.471. The SMILES string of the molecule is O=C(NCc1ccccc1)C(=O)NN=C1CCCCCCC1. The lowest BCUT2D eigenvalue weighted by molar-refractivity contribution is -0.139. The van der Waals surface area contributed by atoms with Crippen molar-refractivity contribution in [2.24, 2.45) is 5.10 Å². The second-order valence-electron chi connectivity index (χ2n) is 5.56. The van der Waals surface area contributed by atoms with E-state index in [0.29, 0.717) is 6.54 Å². The molecule has 2 amide bonds. The van der Waals surface area contributed by atoms with Gasteiger partial charge in [0, 0.05) is 12.3 Å². The number of rotatable bonds is 3. The van der Waals surface area contributed by atoms with Crippen LogP contribution >= 0.6 is 0 Å². The molecule has 0 saturated heterocycles. The zero-order chi connectivity index (χ0) is 15.6. The Morgan fingerprint density at radius 2 is 1.55 bits per heavy atom. The van der Waals surface area contributed by atoms with Gasteiger partial charge < -0.3 is 5.32 Å². The zero-order valence-corrected chi connectivity index (χ0v) is 12.8. The van der Waals surface area contributed by atoms with Gasteiger partial charge in [-0.05, 0) is 31.2 Å². The summed E-state index contributed by atoms with van der Waals surface area (Å²) < 4.78 is 0. The van der Waals surface area contributed by atoms with Crippen molar-refractivity contribution in [1.29, 1.82) is 0 Å². The van der Waals surface area contributed by atoms with Crippen molar-refractivity contribution in [2.75, 3.05) is 0 Å². The monoisotopic (exact) mass is 301 g/mol. The minimum Gasteiger partial charge on any atom is -0.344 e. The van der Waals surface area contributed by atoms with Crippen LogP contribution in [-0.2, 0) is 16.1 Å². The fourth-order valence-electron chi connectivity index (χ4n) is 2.46. The van der Waals surface area contributed by atoms with E-state index in [2.05, 4.69) is 15.8 Å². The van der Waals surface area contributed by atoms with E-state index in [1.54, 1.807) is 0 Å². The van der Waals surface area contributed by atoms with Crippen LogP contribution in [0.25, 0.3) is 0 Å². The number of nitrogens with one attached hydrogen (secondary N) is 2. The van der Waals surface area contributed by atoms with Crippen molar-refractivity contribution in [3.8, 4) is 0 Å². The fourth-order valence-corrected chi connectivity index (χ4v) is 2.46. The zero-order valence-electron chi connectivity index (χ0n) is 12.8. The number of carbonyl (C=O) groups excluding carboxylic acids is 2. The number of hydrogen-bond donors (Lipinski definition) is 2. The van der Waals surface area contributed by atoms with Crippen LogP contribution in [0.2, 0.25) is 0 Å². The van der Waals surface area contributed by atoms with Crippen LogP contribution in [0.3, 0.4) is 0 Å². The molecule has 0 aliphatic heterocycles. The number of benzene rings is 1. The van der Waals surface area contributed by atoms with Gasteiger partial charge in [0.05, 0.1) is 0 Å². The van der Waals surface area contributed by atoms with Gasteiger partial charge in [0.2, 0.25) is 0 Å². The molecule has 118 valence electrons. The van der Waals surface area contributed by atoms with Crippen molar-refractivity contribution in [2.45, 2.75) is 51.5 Å². The van der Waals surface area contributed by atoms with Gasteiger partial charge in [-0.2, -0.15) is 5.10 Å². The first-order valence-corrected chi connectivity index (χ1v) is 7.93. The molecule has 0 spiro atoms. The van der Waals surface area contributed by atoms with Gasteiger partial charge in [0.15, 0.2) is 0 Å². The number of hydrogen-bond acceptors (Lipinski definition) is 3. The molecule has 5 nitrogen and oxygen atoms in total. The number of nitrogens with zero attached hydrogens (tertiary/aromatic N) is 1. The molecule has 22 heavy (non-hydrogen) atoms. The average molecular weight is 301 g/mol. The van der Waals surface area contributed by atoms with Crippen molar-refractivity contribution < 1.29 is 9.59 Å². The van der Waals surface area contributed by atoms with Crippen molar-refractivity contribution in [3.63, 3.8) is 0 Å². The normalized spacial score (nSPS) is 15.4. The van der Waals surface area contributed by atoms with Gasteiger partial charge in [-0.3, -0.25) is 9.59 Å². The minimum absolute atomic E-state index is 0.337. The summed E-state index contributed by atoms with van der Waals surface area (Å²) in [6.45, 7) is 0.337. The second kappa shape index (κ2) is 8.97. The molecule has 1 aliphatic carbocycles. The largest absolute Gasteiger partial charge is 0.344 e. The van der Waals surface area contributed by atoms with Crippen LogP contribution in [0, 0.1) is 0 Å². The molecule has 5 heteroatoms. The molecule has 0 heterocycles. The first-order valence-electron chi connectivity index (χ1n) is 7.93. The maximum atomic E-state index is 11.7. The highest BCUT2D eigenvalue weighted by Crippen LogP contribution is 2.14. The predicted octanol–water partition coefficient (Wildman–Crippen LogP) is 2.52. The van der Waals surface area contributed by atoms with Crippen LogP contribution < -0.4 is 10.7 Å². The lowest BCUT2D eigenvalue weighted by Gasteiger charge is -2.11. The Balaban J connectivity index is 1.76. The van der Waals surface area contributed by atoms with E-state index in [0.717, 1.165) is 37.0 Å². The molecule has 1 saturated carbocycles. The summed E-state index contributed by atoms with van der Waals surface area (Å²) >= 11 is 0. The van der Waals surface area contributed by atoms with Crippen molar-refractivity contribution in [1.82, 2.24) is 10.7 Å². The van der Waals surface area contributed by atoms with Gasteiger partial charge >= 0.3 is 11.8 Å². The van der Waals surface area contributed by atoms with Crippen molar-refractivity contribution >= 4 is 17.5 Å². The maximum Gasteiger partial charge on any atom is 0.329 e. The molecular weight excluding hydrogens is 278 g/mol. The van der Waals surface area contributed by atoms with E-state index in [-0.39, 0.29) is 0 Å². The lowest BCUT2D eigenvalue weighted by atomic mass is 9.99. The van der Waals surface area contributed by atoms with E-state index in [1.165, 1.54) is 19.3 Å². The van der Waals surface area contributed by atoms with Crippen molar-refractivity contribution in [3.05, 3.63) is 35.9 Å². The highest BCUT2D eigenvalue weighted by molar-refractivity contribution is 6.35. The van der Waals surface area contributed by atoms with E-state index in [4.69, 9.17) is 0 Å². The second-order valence-corrected chi connectivity index (χ2v) is 5.56. The Morgan fingerprint density at radius 3 is 2.23 bits per heavy atom. The molecule has 0 bridgehead atoms. The molecule has 0 aromatic heterocycles. The molecule has 0 atom stereocenters. The smallest absolute Gasteiger partial charge is 0.329 e. The molecule has 2 rings (SSSR count). The molecule has 1 fully saturated rings. The summed E-state index contributed by atoms with van der Waals surface area (Å²) in [4.78, 5) is 23.5. The third-order valence-corrected chi connectivity index (χ3v) is 3.75. The molecule has 1 aromatic carbocycles. The lowest BCUT2D eigenvalue weighted by Crippen LogP contribution is -2.37. The van der Waals surface area contributed by atoms with E-state index < -0.39 is 11.8 Å². The molecule has 1 aliphatic rings. The van der Waals surface area contributed by atoms with Crippen LogP contribution in [0.15, 0.2) is 35.4 Å². The summed E-state index contributed by atoms with van der Waals surface area (Å²) in [5.74, 6) is -1.36. The minimum atomic E-state index is -0.703. The summed E-state index contributed by atoms with van der Waals surface area (Å²) in [5.41, 5.74) is 4.32. The van der Waals surface area contributed by atoms with E-state index in [1.807, 2.05) is 30.3 Å². The number of amides is 2. The van der Waals surface area contributed by atoms with Crippen LogP contribution in [0.5, 0.6) is 0 Å². The average Bonchev–Trinajstić information content (AvgIpc) is 2.52. The Bertz CT molecular complexity index is 516. The van der Waals surface area contributed by atoms with Gasteiger partial charge in [-0.15, -0.1) is 0 Å². The third kappa shape index (κ3) is 5.68. The Labute approximate surface area is 131 Å². The highest BCUT2D eigenvalue weighted by atomic mass is 16.2. The molecule has 1 aromatic rings. The van der Waals surface area contributed by atoms with E-state index in [9.17, 15) is 9.59 Å². The highest BCUT2D eigenvalue weighted by Gasteiger charge is 2.13. The summed E-state index contributed by atoms with van der Waals surface area (Å²) in [7, 11) is 0. The predicted molar refractivity (Wildman–Crippen MR) is 86.2 cm³/mol. The first-order chi connectivity index (χ1) is 10.8. The summed E-state index contributed by atoms with van der Waals surface area (Å²) in [6, 6.07) is 9.48. The van der Waals surface area contributed by atoms with Crippen LogP contribution in [0.1, 0.15) is 50.5 Å². The quantitative estimate of drug-likeness (QED) is 0.665. The van der Waals surface area contributed by atoms with Crippen LogP contribution in [0.4, 0.5) is 0 Å². The molecular formula is C17H23N3O2. The van der Waals surface area contributed by atoms with Gasteiger partial charge in [-0.25, -0.2) is 5.43 Å². The Morgan fingerprint density at radius 1 is 0.909 bits per heavy atom. The molecule has 0 radical (unpaired) electrons. The van der Waals surface area contributed by atoms with Gasteiger partial charge in [-0.1, -0.05) is 49.6 Å². The maximum absolute atomic E-state index is 11.7. The molecule has 2 N–H and O–H groups in total. The third-order valence-electron chi connectivity index (χ3n) is 3.75.